The Hall–Kier alpha value is -2.41. The minimum Gasteiger partial charge on any atom is -0.447 e. The molecule has 3 heterocycles. The number of aromatic nitrogens is 1. The van der Waals surface area contributed by atoms with E-state index in [0.29, 0.717) is 19.7 Å². The van der Waals surface area contributed by atoms with Crippen LogP contribution >= 0.6 is 11.3 Å². The molecule has 2 aliphatic heterocycles. The van der Waals surface area contributed by atoms with Gasteiger partial charge in [-0.15, -0.1) is 11.3 Å². The predicted molar refractivity (Wildman–Crippen MR) is 103 cm³/mol. The second kappa shape index (κ2) is 7.31. The summed E-state index contributed by atoms with van der Waals surface area (Å²) in [6, 6.07) is 10.1. The number of thiazole rings is 1. The van der Waals surface area contributed by atoms with Gasteiger partial charge in [0.1, 0.15) is 11.5 Å². The van der Waals surface area contributed by atoms with Crippen molar-refractivity contribution in [3.05, 3.63) is 51.5 Å². The van der Waals surface area contributed by atoms with Crippen LogP contribution < -0.4 is 0 Å². The van der Waals surface area contributed by atoms with Gasteiger partial charge in [0, 0.05) is 19.1 Å². The third kappa shape index (κ3) is 3.43. The highest BCUT2D eigenvalue weighted by Crippen LogP contribution is 2.33. The van der Waals surface area contributed by atoms with E-state index in [9.17, 15) is 9.59 Å². The van der Waals surface area contributed by atoms with Crippen molar-refractivity contribution in [2.45, 2.75) is 38.8 Å². The van der Waals surface area contributed by atoms with Gasteiger partial charge in [-0.25, -0.2) is 9.78 Å². The van der Waals surface area contributed by atoms with E-state index in [1.54, 1.807) is 0 Å². The Morgan fingerprint density at radius 1 is 1.19 bits per heavy atom. The van der Waals surface area contributed by atoms with Gasteiger partial charge in [-0.2, -0.15) is 0 Å². The van der Waals surface area contributed by atoms with Gasteiger partial charge in [0.25, 0.3) is 5.91 Å². The van der Waals surface area contributed by atoms with Crippen LogP contribution in [0.1, 0.15) is 44.8 Å². The number of hydrogen-bond donors (Lipinski definition) is 0. The molecule has 142 valence electrons. The molecule has 2 fully saturated rings. The number of ether oxygens (including phenoxy) is 1. The van der Waals surface area contributed by atoms with Gasteiger partial charge in [-0.3, -0.25) is 9.69 Å². The van der Waals surface area contributed by atoms with Crippen molar-refractivity contribution >= 4 is 23.3 Å². The van der Waals surface area contributed by atoms with Gasteiger partial charge in [0.2, 0.25) is 0 Å². The average Bonchev–Trinajstić information content (AvgIpc) is 3.23. The van der Waals surface area contributed by atoms with Crippen LogP contribution in [0.3, 0.4) is 0 Å². The molecule has 4 rings (SSSR count). The van der Waals surface area contributed by atoms with Crippen LogP contribution in [0.25, 0.3) is 0 Å². The van der Waals surface area contributed by atoms with E-state index in [2.05, 4.69) is 4.98 Å². The van der Waals surface area contributed by atoms with Crippen LogP contribution in [0.15, 0.2) is 30.3 Å². The van der Waals surface area contributed by atoms with Crippen molar-refractivity contribution in [2.75, 3.05) is 19.7 Å². The summed E-state index contributed by atoms with van der Waals surface area (Å²) in [5, 5.41) is 0.913. The number of hydrogen-bond acceptors (Lipinski definition) is 5. The number of piperidine rings is 1. The summed E-state index contributed by atoms with van der Waals surface area (Å²) in [4.78, 5) is 34.0. The zero-order valence-electron chi connectivity index (χ0n) is 15.6. The third-order valence-electron chi connectivity index (χ3n) is 5.34. The first-order valence-corrected chi connectivity index (χ1v) is 10.1. The summed E-state index contributed by atoms with van der Waals surface area (Å²) < 4.78 is 5.35. The molecule has 7 heteroatoms. The van der Waals surface area contributed by atoms with Crippen molar-refractivity contribution < 1.29 is 14.3 Å². The van der Waals surface area contributed by atoms with Gasteiger partial charge in [0.15, 0.2) is 0 Å². The number of nitrogens with zero attached hydrogens (tertiary/aromatic N) is 3. The minimum absolute atomic E-state index is 0.0441. The smallest absolute Gasteiger partial charge is 0.410 e. The van der Waals surface area contributed by atoms with Crippen LogP contribution in [-0.2, 0) is 4.74 Å². The predicted octanol–water partition coefficient (Wildman–Crippen LogP) is 3.56. The van der Waals surface area contributed by atoms with Crippen molar-refractivity contribution in [3.63, 3.8) is 0 Å². The van der Waals surface area contributed by atoms with Crippen LogP contribution in [0.5, 0.6) is 0 Å². The Bertz CT molecular complexity index is 843. The average molecular weight is 385 g/mol. The summed E-state index contributed by atoms with van der Waals surface area (Å²) >= 11 is 1.45. The second-order valence-corrected chi connectivity index (χ2v) is 8.28. The lowest BCUT2D eigenvalue weighted by Crippen LogP contribution is -2.47. The Labute approximate surface area is 162 Å². The molecule has 2 aromatic rings. The number of carbonyl (C=O) groups is 2. The van der Waals surface area contributed by atoms with Gasteiger partial charge < -0.3 is 9.64 Å². The molecule has 1 atom stereocenters. The first-order chi connectivity index (χ1) is 13.0. The number of rotatable bonds is 3. The second-order valence-electron chi connectivity index (χ2n) is 7.08. The fraction of sp³-hybridized carbons (Fsp3) is 0.450. The molecule has 0 N–H and O–H groups in total. The van der Waals surface area contributed by atoms with E-state index in [1.807, 2.05) is 54.0 Å². The van der Waals surface area contributed by atoms with E-state index in [4.69, 9.17) is 4.74 Å². The Kier molecular flexibility index (Phi) is 4.86. The topological polar surface area (TPSA) is 62.7 Å². The molecule has 0 bridgehead atoms. The number of likely N-dealkylation sites (tertiary alicyclic amines) is 1. The zero-order chi connectivity index (χ0) is 19.0. The van der Waals surface area contributed by atoms with E-state index >= 15 is 0 Å². The summed E-state index contributed by atoms with van der Waals surface area (Å²) in [6.07, 6.45) is 1.28. The summed E-state index contributed by atoms with van der Waals surface area (Å²) in [5.41, 5.74) is 1.90. The van der Waals surface area contributed by atoms with E-state index in [1.165, 1.54) is 11.3 Å². The van der Waals surface area contributed by atoms with Gasteiger partial charge in [-0.05, 0) is 32.3 Å². The molecule has 0 unspecified atom stereocenters. The summed E-state index contributed by atoms with van der Waals surface area (Å²) in [6.45, 7) is 5.48. The van der Waals surface area contributed by atoms with E-state index in [-0.39, 0.29) is 24.1 Å². The molecular weight excluding hydrogens is 362 g/mol. The van der Waals surface area contributed by atoms with Crippen LogP contribution in [0.2, 0.25) is 0 Å². The normalized spacial score (nSPS) is 20.8. The molecule has 2 aliphatic rings. The molecule has 2 amide bonds. The molecule has 2 saturated heterocycles. The zero-order valence-corrected chi connectivity index (χ0v) is 16.4. The van der Waals surface area contributed by atoms with Crippen LogP contribution in [0.4, 0.5) is 4.79 Å². The maximum absolute atomic E-state index is 12.8. The van der Waals surface area contributed by atoms with Crippen molar-refractivity contribution in [3.8, 4) is 0 Å². The number of aryl methyl sites for hydroxylation is 2. The molecule has 0 saturated carbocycles. The SMILES string of the molecule is Cc1nc(C)c(C(=O)N2CCC(N3C(=O)OC[C@H]3c3ccccc3)CC2)s1. The molecule has 0 radical (unpaired) electrons. The fourth-order valence-corrected chi connectivity index (χ4v) is 4.88. The summed E-state index contributed by atoms with van der Waals surface area (Å²) in [5.74, 6) is 0.0557. The molecule has 1 aromatic heterocycles. The lowest BCUT2D eigenvalue weighted by atomic mass is 9.99. The quantitative estimate of drug-likeness (QED) is 0.810. The monoisotopic (exact) mass is 385 g/mol. The van der Waals surface area contributed by atoms with Crippen molar-refractivity contribution in [2.24, 2.45) is 0 Å². The third-order valence-corrected chi connectivity index (χ3v) is 6.40. The maximum atomic E-state index is 12.8. The molecule has 6 nitrogen and oxygen atoms in total. The highest BCUT2D eigenvalue weighted by Gasteiger charge is 2.40. The first-order valence-electron chi connectivity index (χ1n) is 9.28. The fourth-order valence-electron chi connectivity index (χ4n) is 3.99. The lowest BCUT2D eigenvalue weighted by molar-refractivity contribution is 0.0640. The van der Waals surface area contributed by atoms with Gasteiger partial charge >= 0.3 is 6.09 Å². The number of carbonyl (C=O) groups excluding carboxylic acids is 2. The first kappa shape index (κ1) is 18.0. The largest absolute Gasteiger partial charge is 0.447 e. The maximum Gasteiger partial charge on any atom is 0.410 e. The molecular formula is C20H23N3O3S. The highest BCUT2D eigenvalue weighted by atomic mass is 32.1. The standard InChI is InChI=1S/C20H23N3O3S/c1-13-18(27-14(2)21-13)19(24)22-10-8-16(9-11-22)23-17(12-26-20(23)25)15-6-4-3-5-7-15/h3-7,16-17H,8-12H2,1-2H3/t17-/m0/s1. The van der Waals surface area contributed by atoms with Gasteiger partial charge in [0.05, 0.1) is 16.7 Å². The van der Waals surface area contributed by atoms with Crippen molar-refractivity contribution in [1.82, 2.24) is 14.8 Å². The van der Waals surface area contributed by atoms with Crippen LogP contribution in [0, 0.1) is 13.8 Å². The molecule has 27 heavy (non-hydrogen) atoms. The van der Waals surface area contributed by atoms with Crippen LogP contribution in [-0.4, -0.2) is 52.5 Å². The number of benzene rings is 1. The van der Waals surface area contributed by atoms with Gasteiger partial charge in [-0.1, -0.05) is 30.3 Å². The number of cyclic esters (lactones) is 1. The highest BCUT2D eigenvalue weighted by molar-refractivity contribution is 7.13. The Balaban J connectivity index is 1.44. The lowest BCUT2D eigenvalue weighted by Gasteiger charge is -2.37. The van der Waals surface area contributed by atoms with E-state index < -0.39 is 0 Å². The number of amides is 2. The van der Waals surface area contributed by atoms with E-state index in [0.717, 1.165) is 34.0 Å². The summed E-state index contributed by atoms with van der Waals surface area (Å²) in [7, 11) is 0. The molecule has 0 spiro atoms. The molecule has 0 aliphatic carbocycles. The Morgan fingerprint density at radius 3 is 2.52 bits per heavy atom. The minimum atomic E-state index is -0.248. The molecule has 1 aromatic carbocycles. The van der Waals surface area contributed by atoms with Crippen molar-refractivity contribution in [1.29, 1.82) is 0 Å². The Morgan fingerprint density at radius 2 is 1.89 bits per heavy atom.